The van der Waals surface area contributed by atoms with E-state index in [1.165, 1.54) is 0 Å². The number of ether oxygens (including phenoxy) is 1. The number of carbonyl (C=O) groups excluding carboxylic acids is 1. The summed E-state index contributed by atoms with van der Waals surface area (Å²) in [5.41, 5.74) is 0. The first-order valence-corrected chi connectivity index (χ1v) is 11.0. The molecule has 1 aliphatic rings. The highest BCUT2D eigenvalue weighted by atomic mass is 127. The molecule has 0 aromatic carbocycles. The summed E-state index contributed by atoms with van der Waals surface area (Å²) in [4.78, 5) is 25.3. The number of anilines is 1. The topological polar surface area (TPSA) is 82.1 Å². The van der Waals surface area contributed by atoms with Crippen LogP contribution in [0.1, 0.15) is 33.6 Å². The SMILES string of the molecule is CCOC(CCNC(=NC)NCCC(=O)N1CCN(c2ccccn2)CC1)C(C)C.I. The van der Waals surface area contributed by atoms with Gasteiger partial charge < -0.3 is 25.2 Å². The van der Waals surface area contributed by atoms with Crippen molar-refractivity contribution in [3.05, 3.63) is 24.4 Å². The number of hydrogen-bond acceptors (Lipinski definition) is 5. The van der Waals surface area contributed by atoms with Crippen LogP contribution in [-0.2, 0) is 9.53 Å². The molecule has 0 radical (unpaired) electrons. The molecule has 31 heavy (non-hydrogen) atoms. The maximum absolute atomic E-state index is 12.5. The minimum Gasteiger partial charge on any atom is -0.378 e. The lowest BCUT2D eigenvalue weighted by atomic mass is 10.0. The highest BCUT2D eigenvalue weighted by Crippen LogP contribution is 2.13. The first kappa shape index (κ1) is 27.4. The smallest absolute Gasteiger partial charge is 0.224 e. The quantitative estimate of drug-likeness (QED) is 0.267. The van der Waals surface area contributed by atoms with E-state index < -0.39 is 0 Å². The zero-order chi connectivity index (χ0) is 21.8. The fourth-order valence-electron chi connectivity index (χ4n) is 3.55. The molecule has 8 nitrogen and oxygen atoms in total. The van der Waals surface area contributed by atoms with Gasteiger partial charge in [-0.2, -0.15) is 0 Å². The van der Waals surface area contributed by atoms with E-state index in [2.05, 4.69) is 39.4 Å². The highest BCUT2D eigenvalue weighted by Gasteiger charge is 2.21. The molecule has 1 unspecified atom stereocenters. The van der Waals surface area contributed by atoms with E-state index in [9.17, 15) is 4.79 Å². The summed E-state index contributed by atoms with van der Waals surface area (Å²) in [6, 6.07) is 5.92. The number of halogens is 1. The van der Waals surface area contributed by atoms with Gasteiger partial charge in [0.1, 0.15) is 5.82 Å². The average Bonchev–Trinajstić information content (AvgIpc) is 2.77. The Morgan fingerprint density at radius 1 is 1.19 bits per heavy atom. The van der Waals surface area contributed by atoms with Crippen molar-refractivity contribution in [3.8, 4) is 0 Å². The number of nitrogens with zero attached hydrogens (tertiary/aromatic N) is 4. The van der Waals surface area contributed by atoms with Crippen molar-refractivity contribution in [1.82, 2.24) is 20.5 Å². The number of rotatable bonds is 10. The molecule has 0 saturated carbocycles. The van der Waals surface area contributed by atoms with Crippen molar-refractivity contribution in [2.45, 2.75) is 39.7 Å². The average molecular weight is 546 g/mol. The number of hydrogen-bond donors (Lipinski definition) is 2. The van der Waals surface area contributed by atoms with Crippen molar-refractivity contribution in [3.63, 3.8) is 0 Å². The van der Waals surface area contributed by atoms with Crippen LogP contribution in [0.3, 0.4) is 0 Å². The first-order chi connectivity index (χ1) is 14.5. The van der Waals surface area contributed by atoms with Gasteiger partial charge in [-0.1, -0.05) is 19.9 Å². The molecule has 1 fully saturated rings. The third-order valence-corrected chi connectivity index (χ3v) is 5.31. The van der Waals surface area contributed by atoms with Crippen molar-refractivity contribution in [2.75, 3.05) is 57.8 Å². The van der Waals surface area contributed by atoms with Crippen molar-refractivity contribution in [2.24, 2.45) is 10.9 Å². The molecule has 2 heterocycles. The number of guanidine groups is 1. The number of amides is 1. The lowest BCUT2D eigenvalue weighted by Crippen LogP contribution is -2.49. The highest BCUT2D eigenvalue weighted by molar-refractivity contribution is 14.0. The summed E-state index contributed by atoms with van der Waals surface area (Å²) < 4.78 is 5.78. The Bertz CT molecular complexity index is 651. The van der Waals surface area contributed by atoms with Gasteiger partial charge >= 0.3 is 0 Å². The van der Waals surface area contributed by atoms with E-state index >= 15 is 0 Å². The fraction of sp³-hybridized carbons (Fsp3) is 0.682. The lowest BCUT2D eigenvalue weighted by Gasteiger charge is -2.35. The molecule has 1 atom stereocenters. The van der Waals surface area contributed by atoms with E-state index in [-0.39, 0.29) is 36.0 Å². The predicted molar refractivity (Wildman–Crippen MR) is 137 cm³/mol. The summed E-state index contributed by atoms with van der Waals surface area (Å²) in [5.74, 6) is 2.36. The minimum atomic E-state index is 0. The van der Waals surface area contributed by atoms with Crippen LogP contribution in [0.4, 0.5) is 5.82 Å². The Morgan fingerprint density at radius 3 is 2.48 bits per heavy atom. The van der Waals surface area contributed by atoms with Gasteiger partial charge in [-0.15, -0.1) is 24.0 Å². The van der Waals surface area contributed by atoms with Gasteiger partial charge in [-0.25, -0.2) is 4.98 Å². The van der Waals surface area contributed by atoms with Gasteiger partial charge in [-0.05, 0) is 31.4 Å². The maximum atomic E-state index is 12.5. The molecule has 1 aromatic rings. The molecular weight excluding hydrogens is 507 g/mol. The molecule has 0 bridgehead atoms. The third kappa shape index (κ3) is 9.59. The van der Waals surface area contributed by atoms with Gasteiger partial charge in [0, 0.05) is 65.5 Å². The standard InChI is InChI=1S/C22H38N6O2.HI/c1-5-30-19(18(2)3)9-12-25-22(23-4)26-13-10-21(29)28-16-14-27(15-17-28)20-8-6-7-11-24-20;/h6-8,11,18-19H,5,9-10,12-17H2,1-4H3,(H2,23,25,26);1H. The Balaban J connectivity index is 0.00000480. The summed E-state index contributed by atoms with van der Waals surface area (Å²) >= 11 is 0. The van der Waals surface area contributed by atoms with Crippen LogP contribution in [0.5, 0.6) is 0 Å². The molecule has 0 aliphatic carbocycles. The molecule has 1 aromatic heterocycles. The van der Waals surface area contributed by atoms with Crippen LogP contribution < -0.4 is 15.5 Å². The molecule has 176 valence electrons. The second kappa shape index (κ2) is 15.2. The first-order valence-electron chi connectivity index (χ1n) is 11.0. The number of pyridine rings is 1. The zero-order valence-electron chi connectivity index (χ0n) is 19.3. The van der Waals surface area contributed by atoms with Crippen LogP contribution >= 0.6 is 24.0 Å². The van der Waals surface area contributed by atoms with Crippen LogP contribution in [0, 0.1) is 5.92 Å². The number of carbonyl (C=O) groups is 1. The Kier molecular flexibility index (Phi) is 13.5. The normalized spacial score (nSPS) is 15.5. The van der Waals surface area contributed by atoms with Crippen LogP contribution in [0.15, 0.2) is 29.4 Å². The maximum Gasteiger partial charge on any atom is 0.224 e. The largest absolute Gasteiger partial charge is 0.378 e. The van der Waals surface area contributed by atoms with Gasteiger partial charge in [0.15, 0.2) is 5.96 Å². The van der Waals surface area contributed by atoms with Crippen molar-refractivity contribution >= 4 is 41.7 Å². The molecule has 2 N–H and O–H groups in total. The lowest BCUT2D eigenvalue weighted by molar-refractivity contribution is -0.131. The fourth-order valence-corrected chi connectivity index (χ4v) is 3.55. The Hall–Kier alpha value is -1.62. The number of nitrogens with one attached hydrogen (secondary N) is 2. The summed E-state index contributed by atoms with van der Waals surface area (Å²) in [7, 11) is 1.75. The summed E-state index contributed by atoms with van der Waals surface area (Å²) in [5, 5.41) is 6.55. The van der Waals surface area contributed by atoms with Crippen molar-refractivity contribution in [1.29, 1.82) is 0 Å². The second-order valence-corrected chi connectivity index (χ2v) is 7.76. The zero-order valence-corrected chi connectivity index (χ0v) is 21.7. The molecule has 1 aliphatic heterocycles. The predicted octanol–water partition coefficient (Wildman–Crippen LogP) is 2.35. The monoisotopic (exact) mass is 546 g/mol. The molecule has 2 rings (SSSR count). The van der Waals surface area contributed by atoms with E-state index in [1.54, 1.807) is 13.2 Å². The third-order valence-electron chi connectivity index (χ3n) is 5.31. The molecular formula is C22H39IN6O2. The summed E-state index contributed by atoms with van der Waals surface area (Å²) in [6.45, 7) is 11.6. The van der Waals surface area contributed by atoms with Crippen LogP contribution in [0.2, 0.25) is 0 Å². The minimum absolute atomic E-state index is 0. The summed E-state index contributed by atoms with van der Waals surface area (Å²) in [6.07, 6.45) is 3.43. The Labute approximate surface area is 204 Å². The molecule has 0 spiro atoms. The van der Waals surface area contributed by atoms with Gasteiger partial charge in [0.2, 0.25) is 5.91 Å². The van der Waals surface area contributed by atoms with E-state index in [0.29, 0.717) is 18.9 Å². The van der Waals surface area contributed by atoms with E-state index in [1.807, 2.05) is 30.0 Å². The number of aromatic nitrogens is 1. The van der Waals surface area contributed by atoms with Crippen molar-refractivity contribution < 1.29 is 9.53 Å². The molecule has 9 heteroatoms. The van der Waals surface area contributed by atoms with Crippen LogP contribution in [-0.4, -0.2) is 80.8 Å². The van der Waals surface area contributed by atoms with Gasteiger partial charge in [-0.3, -0.25) is 9.79 Å². The molecule has 1 amide bonds. The number of piperazine rings is 1. The van der Waals surface area contributed by atoms with Gasteiger partial charge in [0.05, 0.1) is 6.10 Å². The van der Waals surface area contributed by atoms with E-state index in [4.69, 9.17) is 4.74 Å². The van der Waals surface area contributed by atoms with E-state index in [0.717, 1.165) is 57.5 Å². The van der Waals surface area contributed by atoms with Gasteiger partial charge in [0.25, 0.3) is 0 Å². The second-order valence-electron chi connectivity index (χ2n) is 7.76. The molecule has 1 saturated heterocycles. The number of aliphatic imine (C=N–C) groups is 1. The Morgan fingerprint density at radius 2 is 1.90 bits per heavy atom. The van der Waals surface area contributed by atoms with Crippen LogP contribution in [0.25, 0.3) is 0 Å².